The molecule has 0 radical (unpaired) electrons. The lowest BCUT2D eigenvalue weighted by molar-refractivity contribution is -0.113. The van der Waals surface area contributed by atoms with Crippen LogP contribution in [0.15, 0.2) is 84.0 Å². The first-order valence-electron chi connectivity index (χ1n) is 10.9. The molecule has 0 unspecified atom stereocenters. The fourth-order valence-electron chi connectivity index (χ4n) is 3.41. The topological polar surface area (TPSA) is 78.3 Å². The Morgan fingerprint density at radius 3 is 2.32 bits per heavy atom. The molecule has 174 valence electrons. The fourth-order valence-corrected chi connectivity index (χ4v) is 4.18. The fraction of sp³-hybridized carbons (Fsp3) is 0.192. The van der Waals surface area contributed by atoms with Crippen LogP contribution in [-0.2, 0) is 11.2 Å². The Kier molecular flexibility index (Phi) is 7.83. The molecule has 3 aromatic carbocycles. The van der Waals surface area contributed by atoms with Gasteiger partial charge in [-0.05, 0) is 61.0 Å². The van der Waals surface area contributed by atoms with Crippen molar-refractivity contribution in [2.75, 3.05) is 24.8 Å². The van der Waals surface area contributed by atoms with Crippen molar-refractivity contribution in [1.82, 2.24) is 14.8 Å². The van der Waals surface area contributed by atoms with Crippen molar-refractivity contribution in [3.05, 3.63) is 90.3 Å². The van der Waals surface area contributed by atoms with Gasteiger partial charge in [0.25, 0.3) is 0 Å². The van der Waals surface area contributed by atoms with E-state index in [1.165, 1.54) is 11.8 Å². The second-order valence-electron chi connectivity index (χ2n) is 7.39. The summed E-state index contributed by atoms with van der Waals surface area (Å²) in [5, 5.41) is 12.4. The first-order chi connectivity index (χ1) is 16.7. The molecule has 0 spiro atoms. The maximum absolute atomic E-state index is 12.6. The summed E-state index contributed by atoms with van der Waals surface area (Å²) in [6.07, 6.45) is 0.624. The predicted octanol–water partition coefficient (Wildman–Crippen LogP) is 5.00. The Balaban J connectivity index is 1.50. The molecule has 0 bridgehead atoms. The third-order valence-corrected chi connectivity index (χ3v) is 5.95. The van der Waals surface area contributed by atoms with Gasteiger partial charge in [-0.15, -0.1) is 10.2 Å². The van der Waals surface area contributed by atoms with Crippen LogP contribution in [0.2, 0.25) is 0 Å². The number of thioether (sulfide) groups is 1. The number of nitrogens with one attached hydrogen (secondary N) is 1. The number of carbonyl (C=O) groups is 1. The van der Waals surface area contributed by atoms with E-state index in [4.69, 9.17) is 9.47 Å². The van der Waals surface area contributed by atoms with Crippen molar-refractivity contribution in [3.8, 4) is 17.2 Å². The Morgan fingerprint density at radius 1 is 0.941 bits per heavy atom. The molecular formula is C26H26N4O3S. The molecule has 1 heterocycles. The van der Waals surface area contributed by atoms with E-state index in [9.17, 15) is 4.79 Å². The van der Waals surface area contributed by atoms with Crippen molar-refractivity contribution >= 4 is 23.4 Å². The van der Waals surface area contributed by atoms with E-state index in [2.05, 4.69) is 27.6 Å². The molecule has 4 aromatic rings. The van der Waals surface area contributed by atoms with Gasteiger partial charge in [0.05, 0.1) is 19.5 Å². The summed E-state index contributed by atoms with van der Waals surface area (Å²) in [5.74, 6) is 2.42. The van der Waals surface area contributed by atoms with Crippen LogP contribution in [0, 0.1) is 0 Å². The number of benzene rings is 3. The minimum atomic E-state index is -0.122. The summed E-state index contributed by atoms with van der Waals surface area (Å²) in [6.45, 7) is 2.53. The molecule has 0 saturated heterocycles. The van der Waals surface area contributed by atoms with Crippen LogP contribution in [0.25, 0.3) is 5.69 Å². The van der Waals surface area contributed by atoms with Crippen LogP contribution in [-0.4, -0.2) is 40.1 Å². The highest BCUT2D eigenvalue weighted by Gasteiger charge is 2.16. The highest BCUT2D eigenvalue weighted by molar-refractivity contribution is 7.99. The van der Waals surface area contributed by atoms with Gasteiger partial charge in [0.15, 0.2) is 5.16 Å². The summed E-state index contributed by atoms with van der Waals surface area (Å²) in [7, 11) is 1.64. The zero-order valence-corrected chi connectivity index (χ0v) is 19.9. The Morgan fingerprint density at radius 2 is 1.65 bits per heavy atom. The normalized spacial score (nSPS) is 10.6. The van der Waals surface area contributed by atoms with E-state index in [0.717, 1.165) is 34.3 Å². The quantitative estimate of drug-likeness (QED) is 0.326. The Hall–Kier alpha value is -3.78. The van der Waals surface area contributed by atoms with Crippen molar-refractivity contribution in [2.45, 2.75) is 18.5 Å². The SMILES string of the molecule is CCOc1ccc(NC(=O)CSc2nnc(Cc3ccccc3)n2-c2ccc(OC)cc2)cc1. The van der Waals surface area contributed by atoms with Crippen molar-refractivity contribution < 1.29 is 14.3 Å². The van der Waals surface area contributed by atoms with Crippen LogP contribution < -0.4 is 14.8 Å². The molecule has 0 aliphatic heterocycles. The van der Waals surface area contributed by atoms with Crippen LogP contribution in [0.5, 0.6) is 11.5 Å². The maximum atomic E-state index is 12.6. The number of anilines is 1. The van der Waals surface area contributed by atoms with E-state index >= 15 is 0 Å². The monoisotopic (exact) mass is 474 g/mol. The number of aromatic nitrogens is 3. The predicted molar refractivity (Wildman–Crippen MR) is 134 cm³/mol. The summed E-state index contributed by atoms with van der Waals surface area (Å²) in [5.41, 5.74) is 2.76. The first-order valence-corrected chi connectivity index (χ1v) is 11.9. The largest absolute Gasteiger partial charge is 0.497 e. The number of hydrogen-bond acceptors (Lipinski definition) is 6. The van der Waals surface area contributed by atoms with Crippen LogP contribution in [0.4, 0.5) is 5.69 Å². The van der Waals surface area contributed by atoms with Gasteiger partial charge >= 0.3 is 0 Å². The average Bonchev–Trinajstić information content (AvgIpc) is 3.27. The lowest BCUT2D eigenvalue weighted by atomic mass is 10.1. The molecule has 7 nitrogen and oxygen atoms in total. The van der Waals surface area contributed by atoms with Gasteiger partial charge in [-0.3, -0.25) is 9.36 Å². The van der Waals surface area contributed by atoms with Gasteiger partial charge < -0.3 is 14.8 Å². The molecule has 34 heavy (non-hydrogen) atoms. The third kappa shape index (κ3) is 5.96. The van der Waals surface area contributed by atoms with Crippen molar-refractivity contribution in [1.29, 1.82) is 0 Å². The van der Waals surface area contributed by atoms with Crippen LogP contribution in [0.3, 0.4) is 0 Å². The summed E-state index contributed by atoms with van der Waals surface area (Å²) in [4.78, 5) is 12.6. The van der Waals surface area contributed by atoms with Gasteiger partial charge in [-0.1, -0.05) is 42.1 Å². The van der Waals surface area contributed by atoms with Gasteiger partial charge in [-0.25, -0.2) is 0 Å². The second-order valence-corrected chi connectivity index (χ2v) is 8.33. The number of ether oxygens (including phenoxy) is 2. The van der Waals surface area contributed by atoms with Gasteiger partial charge in [-0.2, -0.15) is 0 Å². The molecule has 8 heteroatoms. The summed E-state index contributed by atoms with van der Waals surface area (Å²) in [6, 6.07) is 25.2. The molecule has 1 amide bonds. The molecule has 4 rings (SSSR count). The summed E-state index contributed by atoms with van der Waals surface area (Å²) < 4.78 is 12.7. The van der Waals surface area contributed by atoms with E-state index in [1.807, 2.05) is 78.2 Å². The van der Waals surface area contributed by atoms with E-state index in [1.54, 1.807) is 7.11 Å². The molecule has 0 saturated carbocycles. The highest BCUT2D eigenvalue weighted by Crippen LogP contribution is 2.25. The first kappa shape index (κ1) is 23.4. The Labute approximate surface area is 203 Å². The zero-order chi connectivity index (χ0) is 23.8. The minimum absolute atomic E-state index is 0.122. The molecule has 0 atom stereocenters. The van der Waals surface area contributed by atoms with Crippen molar-refractivity contribution in [3.63, 3.8) is 0 Å². The number of carbonyl (C=O) groups excluding carboxylic acids is 1. The molecule has 0 aliphatic carbocycles. The molecule has 1 aromatic heterocycles. The van der Waals surface area contributed by atoms with Gasteiger partial charge in [0.2, 0.25) is 5.91 Å². The number of rotatable bonds is 10. The van der Waals surface area contributed by atoms with Gasteiger partial charge in [0.1, 0.15) is 17.3 Å². The van der Waals surface area contributed by atoms with E-state index in [0.29, 0.717) is 18.2 Å². The second kappa shape index (κ2) is 11.4. The average molecular weight is 475 g/mol. The number of nitrogens with zero attached hydrogens (tertiary/aromatic N) is 3. The van der Waals surface area contributed by atoms with E-state index in [-0.39, 0.29) is 11.7 Å². The standard InChI is InChI=1S/C26H26N4O3S/c1-3-33-23-13-9-20(10-14-23)27-25(31)18-34-26-29-28-24(17-19-7-5-4-6-8-19)30(26)21-11-15-22(32-2)16-12-21/h4-16H,3,17-18H2,1-2H3,(H,27,31). The maximum Gasteiger partial charge on any atom is 0.234 e. The highest BCUT2D eigenvalue weighted by atomic mass is 32.2. The number of hydrogen-bond donors (Lipinski definition) is 1. The van der Waals surface area contributed by atoms with Crippen molar-refractivity contribution in [2.24, 2.45) is 0 Å². The lowest BCUT2D eigenvalue weighted by Crippen LogP contribution is -2.14. The summed E-state index contributed by atoms with van der Waals surface area (Å²) >= 11 is 1.34. The van der Waals surface area contributed by atoms with Gasteiger partial charge in [0, 0.05) is 17.8 Å². The number of methoxy groups -OCH3 is 1. The molecule has 0 fully saturated rings. The molecular weight excluding hydrogens is 448 g/mol. The van der Waals surface area contributed by atoms with E-state index < -0.39 is 0 Å². The molecule has 0 aliphatic rings. The number of amides is 1. The van der Waals surface area contributed by atoms with Crippen LogP contribution >= 0.6 is 11.8 Å². The smallest absolute Gasteiger partial charge is 0.234 e. The molecule has 1 N–H and O–H groups in total. The van der Waals surface area contributed by atoms with Crippen LogP contribution in [0.1, 0.15) is 18.3 Å². The third-order valence-electron chi connectivity index (χ3n) is 5.02. The lowest BCUT2D eigenvalue weighted by Gasteiger charge is -2.11. The minimum Gasteiger partial charge on any atom is -0.497 e. The Bertz CT molecular complexity index is 1210. The zero-order valence-electron chi connectivity index (χ0n) is 19.1.